The fourth-order valence-electron chi connectivity index (χ4n) is 1.62. The Morgan fingerprint density at radius 3 is 2.45 bits per heavy atom. The maximum atomic E-state index is 8.73. The van der Waals surface area contributed by atoms with Crippen LogP contribution >= 0.6 is 12.2 Å². The van der Waals surface area contributed by atoms with Gasteiger partial charge in [0, 0.05) is 17.4 Å². The van der Waals surface area contributed by atoms with Crippen LogP contribution in [0.15, 0.2) is 48.5 Å². The van der Waals surface area contributed by atoms with Gasteiger partial charge in [-0.3, -0.25) is 0 Å². The van der Waals surface area contributed by atoms with Crippen molar-refractivity contribution in [2.75, 3.05) is 17.7 Å². The monoisotopic (exact) mass is 283 g/mol. The predicted molar refractivity (Wildman–Crippen MR) is 84.0 cm³/mol. The summed E-state index contributed by atoms with van der Waals surface area (Å²) in [4.78, 5) is 0. The van der Waals surface area contributed by atoms with Crippen molar-refractivity contribution in [3.8, 4) is 11.8 Å². The predicted octanol–water partition coefficient (Wildman–Crippen LogP) is 3.38. The summed E-state index contributed by atoms with van der Waals surface area (Å²) in [6.45, 7) is 0. The fourth-order valence-corrected chi connectivity index (χ4v) is 1.86. The van der Waals surface area contributed by atoms with Crippen molar-refractivity contribution in [1.29, 1.82) is 5.26 Å². The molecule has 0 aliphatic rings. The zero-order valence-corrected chi connectivity index (χ0v) is 11.7. The summed E-state index contributed by atoms with van der Waals surface area (Å²) in [6, 6.07) is 16.6. The number of nitrogens with one attached hydrogen (secondary N) is 2. The molecule has 0 aromatic heterocycles. The van der Waals surface area contributed by atoms with E-state index in [0.717, 1.165) is 17.1 Å². The normalized spacial score (nSPS) is 9.40. The Kier molecular flexibility index (Phi) is 4.53. The van der Waals surface area contributed by atoms with Crippen LogP contribution in [0.1, 0.15) is 5.56 Å². The van der Waals surface area contributed by atoms with E-state index in [1.165, 1.54) is 0 Å². The second kappa shape index (κ2) is 6.55. The number of rotatable bonds is 3. The molecule has 0 saturated heterocycles. The molecule has 0 bridgehead atoms. The second-order valence-corrected chi connectivity index (χ2v) is 4.41. The summed E-state index contributed by atoms with van der Waals surface area (Å²) < 4.78 is 5.15. The van der Waals surface area contributed by atoms with Crippen molar-refractivity contribution in [3.63, 3.8) is 0 Å². The molecular weight excluding hydrogens is 270 g/mol. The molecule has 0 aliphatic heterocycles. The van der Waals surface area contributed by atoms with E-state index in [0.29, 0.717) is 10.7 Å². The van der Waals surface area contributed by atoms with Gasteiger partial charge in [0.25, 0.3) is 0 Å². The molecular formula is C15H13N3OS. The van der Waals surface area contributed by atoms with Crippen LogP contribution in [0.25, 0.3) is 0 Å². The third kappa shape index (κ3) is 3.70. The Labute approximate surface area is 123 Å². The van der Waals surface area contributed by atoms with Gasteiger partial charge in [-0.05, 0) is 48.6 Å². The van der Waals surface area contributed by atoms with Crippen LogP contribution in [0.5, 0.6) is 5.75 Å². The van der Waals surface area contributed by atoms with E-state index in [1.54, 1.807) is 31.4 Å². The molecule has 2 aromatic carbocycles. The van der Waals surface area contributed by atoms with Crippen LogP contribution < -0.4 is 15.4 Å². The Bertz CT molecular complexity index is 647. The van der Waals surface area contributed by atoms with Gasteiger partial charge < -0.3 is 15.4 Å². The van der Waals surface area contributed by atoms with Crippen LogP contribution in [-0.4, -0.2) is 12.2 Å². The molecule has 2 N–H and O–H groups in total. The van der Waals surface area contributed by atoms with Crippen LogP contribution in [-0.2, 0) is 0 Å². The topological polar surface area (TPSA) is 57.1 Å². The molecule has 0 aliphatic carbocycles. The largest absolute Gasteiger partial charge is 0.497 e. The number of hydrogen-bond acceptors (Lipinski definition) is 3. The van der Waals surface area contributed by atoms with E-state index in [1.807, 2.05) is 24.3 Å². The van der Waals surface area contributed by atoms with Crippen molar-refractivity contribution in [3.05, 3.63) is 54.1 Å². The van der Waals surface area contributed by atoms with Gasteiger partial charge in [0.15, 0.2) is 5.11 Å². The zero-order chi connectivity index (χ0) is 14.4. The van der Waals surface area contributed by atoms with Crippen LogP contribution in [0.4, 0.5) is 11.4 Å². The Morgan fingerprint density at radius 2 is 1.80 bits per heavy atom. The first-order valence-electron chi connectivity index (χ1n) is 5.93. The maximum absolute atomic E-state index is 8.73. The number of ether oxygens (including phenoxy) is 1. The number of hydrogen-bond donors (Lipinski definition) is 2. The molecule has 2 aromatic rings. The summed E-state index contributed by atoms with van der Waals surface area (Å²) in [7, 11) is 1.62. The molecule has 0 heterocycles. The molecule has 0 fully saturated rings. The summed E-state index contributed by atoms with van der Waals surface area (Å²) in [5, 5.41) is 15.3. The number of methoxy groups -OCH3 is 1. The number of thiocarbonyl (C=S) groups is 1. The quantitative estimate of drug-likeness (QED) is 0.846. The van der Waals surface area contributed by atoms with E-state index in [-0.39, 0.29) is 0 Å². The number of nitrogens with zero attached hydrogens (tertiary/aromatic N) is 1. The molecule has 20 heavy (non-hydrogen) atoms. The maximum Gasteiger partial charge on any atom is 0.175 e. The SMILES string of the molecule is COc1cccc(NC(=S)Nc2ccc(C#N)cc2)c1. The van der Waals surface area contributed by atoms with Crippen molar-refractivity contribution < 1.29 is 4.74 Å². The number of anilines is 2. The minimum atomic E-state index is 0.475. The third-order valence-electron chi connectivity index (χ3n) is 2.60. The lowest BCUT2D eigenvalue weighted by Gasteiger charge is -2.11. The summed E-state index contributed by atoms with van der Waals surface area (Å²) in [6.07, 6.45) is 0. The zero-order valence-electron chi connectivity index (χ0n) is 10.9. The molecule has 0 spiro atoms. The first-order chi connectivity index (χ1) is 9.71. The van der Waals surface area contributed by atoms with Gasteiger partial charge in [-0.15, -0.1) is 0 Å². The molecule has 0 unspecified atom stereocenters. The van der Waals surface area contributed by atoms with E-state index < -0.39 is 0 Å². The molecule has 0 atom stereocenters. The summed E-state index contributed by atoms with van der Waals surface area (Å²) in [5.41, 5.74) is 2.28. The van der Waals surface area contributed by atoms with Gasteiger partial charge in [0.05, 0.1) is 18.7 Å². The van der Waals surface area contributed by atoms with Crippen molar-refractivity contribution in [2.45, 2.75) is 0 Å². The van der Waals surface area contributed by atoms with Gasteiger partial charge in [0.2, 0.25) is 0 Å². The van der Waals surface area contributed by atoms with Gasteiger partial charge >= 0.3 is 0 Å². The Balaban J connectivity index is 1.99. The number of benzene rings is 2. The van der Waals surface area contributed by atoms with Crippen molar-refractivity contribution in [1.82, 2.24) is 0 Å². The van der Waals surface area contributed by atoms with Crippen molar-refractivity contribution >= 4 is 28.7 Å². The standard InChI is InChI=1S/C15H13N3OS/c1-19-14-4-2-3-13(9-14)18-15(20)17-12-7-5-11(10-16)6-8-12/h2-9H,1H3,(H2,17,18,20). The highest BCUT2D eigenvalue weighted by Crippen LogP contribution is 2.17. The fraction of sp³-hybridized carbons (Fsp3) is 0.0667. The lowest BCUT2D eigenvalue weighted by atomic mass is 10.2. The Morgan fingerprint density at radius 1 is 1.10 bits per heavy atom. The van der Waals surface area contributed by atoms with Gasteiger partial charge in [-0.25, -0.2) is 0 Å². The lowest BCUT2D eigenvalue weighted by molar-refractivity contribution is 0.415. The molecule has 100 valence electrons. The summed E-state index contributed by atoms with van der Waals surface area (Å²) >= 11 is 5.23. The van der Waals surface area contributed by atoms with Crippen molar-refractivity contribution in [2.24, 2.45) is 0 Å². The van der Waals surface area contributed by atoms with E-state index in [2.05, 4.69) is 16.7 Å². The first kappa shape index (κ1) is 13.8. The Hall–Kier alpha value is -2.58. The highest BCUT2D eigenvalue weighted by atomic mass is 32.1. The highest BCUT2D eigenvalue weighted by Gasteiger charge is 2.00. The van der Waals surface area contributed by atoms with E-state index >= 15 is 0 Å². The second-order valence-electron chi connectivity index (χ2n) is 4.00. The molecule has 5 heteroatoms. The average molecular weight is 283 g/mol. The molecule has 4 nitrogen and oxygen atoms in total. The van der Waals surface area contributed by atoms with E-state index in [9.17, 15) is 0 Å². The number of nitriles is 1. The molecule has 0 amide bonds. The van der Waals surface area contributed by atoms with Crippen LogP contribution in [0.2, 0.25) is 0 Å². The van der Waals surface area contributed by atoms with Gasteiger partial charge in [0.1, 0.15) is 5.75 Å². The summed E-state index contributed by atoms with van der Waals surface area (Å²) in [5.74, 6) is 0.760. The molecule has 0 radical (unpaired) electrons. The van der Waals surface area contributed by atoms with Crippen LogP contribution in [0, 0.1) is 11.3 Å². The third-order valence-corrected chi connectivity index (χ3v) is 2.80. The van der Waals surface area contributed by atoms with Gasteiger partial charge in [-0.2, -0.15) is 5.26 Å². The molecule has 0 saturated carbocycles. The lowest BCUT2D eigenvalue weighted by Crippen LogP contribution is -2.18. The van der Waals surface area contributed by atoms with Gasteiger partial charge in [-0.1, -0.05) is 6.07 Å². The minimum absolute atomic E-state index is 0.475. The van der Waals surface area contributed by atoms with E-state index in [4.69, 9.17) is 22.2 Å². The average Bonchev–Trinajstić information content (AvgIpc) is 2.48. The minimum Gasteiger partial charge on any atom is -0.497 e. The van der Waals surface area contributed by atoms with Crippen LogP contribution in [0.3, 0.4) is 0 Å². The smallest absolute Gasteiger partial charge is 0.175 e. The highest BCUT2D eigenvalue weighted by molar-refractivity contribution is 7.80. The molecule has 2 rings (SSSR count). The first-order valence-corrected chi connectivity index (χ1v) is 6.34.